The zero-order valence-electron chi connectivity index (χ0n) is 13.8. The first-order valence-corrected chi connectivity index (χ1v) is 7.67. The summed E-state index contributed by atoms with van der Waals surface area (Å²) in [6.07, 6.45) is 0. The molecule has 0 aliphatic heterocycles. The molecule has 0 aliphatic carbocycles. The van der Waals surface area contributed by atoms with Gasteiger partial charge in [0.05, 0.1) is 31.1 Å². The van der Waals surface area contributed by atoms with Gasteiger partial charge in [-0.3, -0.25) is 0 Å². The van der Waals surface area contributed by atoms with E-state index in [0.29, 0.717) is 50.3 Å². The van der Waals surface area contributed by atoms with Crippen LogP contribution >= 0.6 is 0 Å². The molecule has 0 radical (unpaired) electrons. The maximum atomic E-state index is 10.9. The minimum Gasteiger partial charge on any atom is -0.478 e. The van der Waals surface area contributed by atoms with E-state index < -0.39 is 5.97 Å². The number of ether oxygens (including phenoxy) is 3. The lowest BCUT2D eigenvalue weighted by atomic mass is 10.2. The molecule has 1 N–H and O–H groups in total. The summed E-state index contributed by atoms with van der Waals surface area (Å²) < 4.78 is 16.1. The Bertz CT molecular complexity index is 654. The number of hydrogen-bond acceptors (Lipinski definition) is 6. The highest BCUT2D eigenvalue weighted by Gasteiger charge is 2.10. The standard InChI is InChI=1S/C16H21N3O5/c1-3-22-8-9-23-10-11-24-15-12(2)17-19(18-15)14-6-4-13(5-7-14)16(20)21/h4-7H,3,8-11H2,1-2H3,(H,20,21). The molecule has 0 amide bonds. The summed E-state index contributed by atoms with van der Waals surface area (Å²) in [6.45, 7) is 6.30. The van der Waals surface area contributed by atoms with E-state index in [9.17, 15) is 4.79 Å². The van der Waals surface area contributed by atoms with Gasteiger partial charge in [0.2, 0.25) is 0 Å². The number of aromatic nitrogens is 3. The molecule has 2 aromatic rings. The highest BCUT2D eigenvalue weighted by Crippen LogP contribution is 2.15. The van der Waals surface area contributed by atoms with Crippen LogP contribution in [-0.4, -0.2) is 59.1 Å². The quantitative estimate of drug-likeness (QED) is 0.660. The van der Waals surface area contributed by atoms with E-state index in [1.165, 1.54) is 16.9 Å². The lowest BCUT2D eigenvalue weighted by Crippen LogP contribution is -2.11. The summed E-state index contributed by atoms with van der Waals surface area (Å²) in [7, 11) is 0. The third-order valence-electron chi connectivity index (χ3n) is 3.13. The molecule has 130 valence electrons. The number of nitrogens with zero attached hydrogens (tertiary/aromatic N) is 3. The van der Waals surface area contributed by atoms with E-state index in [-0.39, 0.29) is 5.56 Å². The Labute approximate surface area is 139 Å². The maximum Gasteiger partial charge on any atom is 0.335 e. The molecule has 8 heteroatoms. The third-order valence-corrected chi connectivity index (χ3v) is 3.13. The SMILES string of the molecule is CCOCCOCCOc1nn(-c2ccc(C(=O)O)cc2)nc1C. The Hall–Kier alpha value is -2.45. The second kappa shape index (κ2) is 8.99. The Morgan fingerprint density at radius 1 is 1.08 bits per heavy atom. The summed E-state index contributed by atoms with van der Waals surface area (Å²) in [5.74, 6) is -0.551. The molecule has 0 saturated carbocycles. The lowest BCUT2D eigenvalue weighted by molar-refractivity contribution is 0.0398. The summed E-state index contributed by atoms with van der Waals surface area (Å²) in [5, 5.41) is 17.4. The molecule has 1 aromatic carbocycles. The van der Waals surface area contributed by atoms with Crippen molar-refractivity contribution in [2.24, 2.45) is 0 Å². The fourth-order valence-electron chi connectivity index (χ4n) is 1.91. The van der Waals surface area contributed by atoms with Crippen LogP contribution in [0.3, 0.4) is 0 Å². The first-order valence-electron chi connectivity index (χ1n) is 7.67. The first-order chi connectivity index (χ1) is 11.6. The Kier molecular flexibility index (Phi) is 6.71. The van der Waals surface area contributed by atoms with Crippen molar-refractivity contribution < 1.29 is 24.1 Å². The molecule has 0 saturated heterocycles. The van der Waals surface area contributed by atoms with Gasteiger partial charge >= 0.3 is 5.97 Å². The summed E-state index contributed by atoms with van der Waals surface area (Å²) >= 11 is 0. The Morgan fingerprint density at radius 2 is 1.75 bits per heavy atom. The molecule has 0 aliphatic rings. The van der Waals surface area contributed by atoms with Crippen molar-refractivity contribution >= 4 is 5.97 Å². The molecule has 0 atom stereocenters. The fraction of sp³-hybridized carbons (Fsp3) is 0.438. The number of aryl methyl sites for hydroxylation is 1. The van der Waals surface area contributed by atoms with Crippen LogP contribution in [0.25, 0.3) is 5.69 Å². The van der Waals surface area contributed by atoms with Crippen LogP contribution in [0.1, 0.15) is 23.0 Å². The van der Waals surface area contributed by atoms with Crippen molar-refractivity contribution in [3.05, 3.63) is 35.5 Å². The predicted octanol–water partition coefficient (Wildman–Crippen LogP) is 1.71. The van der Waals surface area contributed by atoms with E-state index in [1.54, 1.807) is 19.1 Å². The summed E-state index contributed by atoms with van der Waals surface area (Å²) in [5.41, 5.74) is 1.51. The third kappa shape index (κ3) is 5.04. The summed E-state index contributed by atoms with van der Waals surface area (Å²) in [4.78, 5) is 12.3. The first kappa shape index (κ1) is 17.9. The minimum absolute atomic E-state index is 0.211. The zero-order valence-corrected chi connectivity index (χ0v) is 13.8. The van der Waals surface area contributed by atoms with Gasteiger partial charge in [0.15, 0.2) is 0 Å². The van der Waals surface area contributed by atoms with Gasteiger partial charge in [-0.15, -0.1) is 15.0 Å². The van der Waals surface area contributed by atoms with Gasteiger partial charge in [0.25, 0.3) is 5.88 Å². The van der Waals surface area contributed by atoms with Gasteiger partial charge in [0.1, 0.15) is 12.3 Å². The van der Waals surface area contributed by atoms with Crippen LogP contribution in [0.5, 0.6) is 5.88 Å². The van der Waals surface area contributed by atoms with Crippen molar-refractivity contribution in [1.82, 2.24) is 15.0 Å². The number of carboxylic acids is 1. The molecule has 0 spiro atoms. The van der Waals surface area contributed by atoms with Gasteiger partial charge in [-0.1, -0.05) is 0 Å². The van der Waals surface area contributed by atoms with Crippen LogP contribution in [0, 0.1) is 6.92 Å². The van der Waals surface area contributed by atoms with Crippen LogP contribution in [-0.2, 0) is 9.47 Å². The van der Waals surface area contributed by atoms with E-state index in [1.807, 2.05) is 6.92 Å². The molecule has 2 rings (SSSR count). The van der Waals surface area contributed by atoms with Crippen LogP contribution < -0.4 is 4.74 Å². The van der Waals surface area contributed by atoms with E-state index in [2.05, 4.69) is 10.2 Å². The van der Waals surface area contributed by atoms with E-state index in [0.717, 1.165) is 0 Å². The van der Waals surface area contributed by atoms with E-state index in [4.69, 9.17) is 19.3 Å². The molecule has 0 fully saturated rings. The molecular formula is C16H21N3O5. The molecule has 0 bridgehead atoms. The second-order valence-corrected chi connectivity index (χ2v) is 4.89. The fourth-order valence-corrected chi connectivity index (χ4v) is 1.91. The summed E-state index contributed by atoms with van der Waals surface area (Å²) in [6, 6.07) is 6.29. The van der Waals surface area contributed by atoms with Gasteiger partial charge in [-0.25, -0.2) is 4.79 Å². The van der Waals surface area contributed by atoms with Crippen LogP contribution in [0.2, 0.25) is 0 Å². The van der Waals surface area contributed by atoms with Crippen LogP contribution in [0.4, 0.5) is 0 Å². The highest BCUT2D eigenvalue weighted by atomic mass is 16.5. The van der Waals surface area contributed by atoms with Crippen molar-refractivity contribution in [1.29, 1.82) is 0 Å². The molecular weight excluding hydrogens is 314 g/mol. The minimum atomic E-state index is -0.973. The largest absolute Gasteiger partial charge is 0.478 e. The molecule has 0 unspecified atom stereocenters. The molecule has 1 heterocycles. The van der Waals surface area contributed by atoms with Crippen molar-refractivity contribution in [3.63, 3.8) is 0 Å². The topological polar surface area (TPSA) is 95.7 Å². The van der Waals surface area contributed by atoms with Gasteiger partial charge in [0, 0.05) is 6.61 Å². The number of hydrogen-bond donors (Lipinski definition) is 1. The number of aromatic carboxylic acids is 1. The van der Waals surface area contributed by atoms with E-state index >= 15 is 0 Å². The second-order valence-electron chi connectivity index (χ2n) is 4.89. The smallest absolute Gasteiger partial charge is 0.335 e. The monoisotopic (exact) mass is 335 g/mol. The van der Waals surface area contributed by atoms with Gasteiger partial charge in [-0.05, 0) is 38.1 Å². The lowest BCUT2D eigenvalue weighted by Gasteiger charge is -2.05. The Balaban J connectivity index is 1.86. The van der Waals surface area contributed by atoms with Crippen molar-refractivity contribution in [3.8, 4) is 11.6 Å². The average molecular weight is 335 g/mol. The van der Waals surface area contributed by atoms with Gasteiger partial charge < -0.3 is 19.3 Å². The number of carboxylic acid groups (broad SMARTS) is 1. The number of rotatable bonds is 10. The predicted molar refractivity (Wildman–Crippen MR) is 85.9 cm³/mol. The maximum absolute atomic E-state index is 10.9. The normalized spacial score (nSPS) is 10.8. The van der Waals surface area contributed by atoms with Gasteiger partial charge in [-0.2, -0.15) is 0 Å². The average Bonchev–Trinajstić information content (AvgIpc) is 2.95. The van der Waals surface area contributed by atoms with Crippen molar-refractivity contribution in [2.75, 3.05) is 33.0 Å². The molecule has 1 aromatic heterocycles. The number of benzene rings is 1. The Morgan fingerprint density at radius 3 is 2.42 bits per heavy atom. The van der Waals surface area contributed by atoms with Crippen LogP contribution in [0.15, 0.2) is 24.3 Å². The van der Waals surface area contributed by atoms with Crippen molar-refractivity contribution in [2.45, 2.75) is 13.8 Å². The zero-order chi connectivity index (χ0) is 17.4. The molecule has 24 heavy (non-hydrogen) atoms. The highest BCUT2D eigenvalue weighted by molar-refractivity contribution is 5.87. The molecule has 8 nitrogen and oxygen atoms in total. The number of carbonyl (C=O) groups is 1.